The first-order valence-electron chi connectivity index (χ1n) is 6.36. The van der Waals surface area contributed by atoms with Crippen LogP contribution in [0.15, 0.2) is 42.6 Å². The van der Waals surface area contributed by atoms with Crippen molar-refractivity contribution in [1.82, 2.24) is 9.88 Å². The third kappa shape index (κ3) is 4.46. The fourth-order valence-electron chi connectivity index (χ4n) is 1.97. The van der Waals surface area contributed by atoms with Gasteiger partial charge in [-0.3, -0.25) is 9.88 Å². The van der Waals surface area contributed by atoms with Crippen molar-refractivity contribution in [2.45, 2.75) is 13.1 Å². The Morgan fingerprint density at radius 1 is 1.10 bits per heavy atom. The second-order valence-corrected chi connectivity index (χ2v) is 5.35. The van der Waals surface area contributed by atoms with Crippen LogP contribution in [-0.4, -0.2) is 28.1 Å². The van der Waals surface area contributed by atoms with Gasteiger partial charge in [0, 0.05) is 25.8 Å². The van der Waals surface area contributed by atoms with Crippen LogP contribution in [0.2, 0.25) is 10.0 Å². The van der Waals surface area contributed by atoms with Crippen LogP contribution in [0.5, 0.6) is 0 Å². The maximum absolute atomic E-state index is 9.19. The Balaban J connectivity index is 2.09. The van der Waals surface area contributed by atoms with Gasteiger partial charge in [0.15, 0.2) is 0 Å². The van der Waals surface area contributed by atoms with Crippen LogP contribution in [0.4, 0.5) is 0 Å². The van der Waals surface area contributed by atoms with Crippen LogP contribution in [0.25, 0.3) is 0 Å². The van der Waals surface area contributed by atoms with E-state index in [1.165, 1.54) is 5.56 Å². The lowest BCUT2D eigenvalue weighted by Crippen LogP contribution is -2.26. The zero-order valence-electron chi connectivity index (χ0n) is 11.0. The molecule has 2 rings (SSSR count). The highest BCUT2D eigenvalue weighted by molar-refractivity contribution is 6.34. The van der Waals surface area contributed by atoms with Crippen molar-refractivity contribution < 1.29 is 5.11 Å². The van der Waals surface area contributed by atoms with Crippen LogP contribution < -0.4 is 0 Å². The van der Waals surface area contributed by atoms with Gasteiger partial charge in [-0.15, -0.1) is 0 Å². The van der Waals surface area contributed by atoms with E-state index in [0.717, 1.165) is 12.2 Å². The number of nitrogens with zero attached hydrogens (tertiary/aromatic N) is 2. The van der Waals surface area contributed by atoms with Crippen LogP contribution in [0, 0.1) is 0 Å². The second kappa shape index (κ2) is 7.60. The molecule has 0 spiro atoms. The molecule has 0 atom stereocenters. The normalized spacial score (nSPS) is 11.0. The third-order valence-corrected chi connectivity index (χ3v) is 3.46. The molecule has 0 unspecified atom stereocenters. The molecule has 2 aromatic rings. The molecule has 0 aliphatic heterocycles. The molecule has 1 aromatic heterocycles. The van der Waals surface area contributed by atoms with Gasteiger partial charge in [-0.05, 0) is 11.6 Å². The number of hydrogen-bond acceptors (Lipinski definition) is 3. The number of aliphatic hydroxyl groups is 1. The molecule has 1 N–H and O–H groups in total. The minimum Gasteiger partial charge on any atom is -0.395 e. The fourth-order valence-corrected chi connectivity index (χ4v) is 2.41. The van der Waals surface area contributed by atoms with Crippen molar-refractivity contribution in [3.63, 3.8) is 0 Å². The van der Waals surface area contributed by atoms with Crippen LogP contribution >= 0.6 is 23.2 Å². The van der Waals surface area contributed by atoms with Gasteiger partial charge in [0.1, 0.15) is 0 Å². The number of aromatic nitrogens is 1. The number of benzene rings is 1. The summed E-state index contributed by atoms with van der Waals surface area (Å²) in [7, 11) is 0. The van der Waals surface area contributed by atoms with Crippen LogP contribution in [0.3, 0.4) is 0 Å². The molecule has 5 heteroatoms. The van der Waals surface area contributed by atoms with E-state index in [2.05, 4.69) is 22.0 Å². The van der Waals surface area contributed by atoms with E-state index in [9.17, 15) is 5.11 Å². The summed E-state index contributed by atoms with van der Waals surface area (Å²) in [5, 5.41) is 10.3. The maximum Gasteiger partial charge on any atom is 0.0731 e. The van der Waals surface area contributed by atoms with E-state index in [0.29, 0.717) is 23.1 Å². The zero-order chi connectivity index (χ0) is 14.4. The molecule has 0 saturated carbocycles. The number of rotatable bonds is 6. The van der Waals surface area contributed by atoms with E-state index in [4.69, 9.17) is 23.2 Å². The Bertz CT molecular complexity index is 549. The van der Waals surface area contributed by atoms with Crippen molar-refractivity contribution in [3.8, 4) is 0 Å². The van der Waals surface area contributed by atoms with E-state index in [1.807, 2.05) is 18.2 Å². The molecule has 1 aromatic carbocycles. The first kappa shape index (κ1) is 15.3. The predicted molar refractivity (Wildman–Crippen MR) is 81.9 cm³/mol. The summed E-state index contributed by atoms with van der Waals surface area (Å²) in [6.07, 6.45) is 1.59. The highest BCUT2D eigenvalue weighted by atomic mass is 35.5. The third-order valence-electron chi connectivity index (χ3n) is 2.92. The summed E-state index contributed by atoms with van der Waals surface area (Å²) >= 11 is 12.0. The summed E-state index contributed by atoms with van der Waals surface area (Å²) in [5.41, 5.74) is 1.95. The van der Waals surface area contributed by atoms with Crippen molar-refractivity contribution in [2.75, 3.05) is 13.2 Å². The average molecular weight is 311 g/mol. The number of hydrogen-bond donors (Lipinski definition) is 1. The lowest BCUT2D eigenvalue weighted by Gasteiger charge is -2.21. The number of halogens is 2. The minimum atomic E-state index is 0.0953. The smallest absolute Gasteiger partial charge is 0.0731 e. The van der Waals surface area contributed by atoms with E-state index in [-0.39, 0.29) is 6.61 Å². The molecule has 0 fully saturated rings. The Labute approximate surface area is 128 Å². The van der Waals surface area contributed by atoms with Crippen LogP contribution in [-0.2, 0) is 13.1 Å². The van der Waals surface area contributed by atoms with Gasteiger partial charge in [-0.1, -0.05) is 53.5 Å². The van der Waals surface area contributed by atoms with E-state index < -0.39 is 0 Å². The Kier molecular flexibility index (Phi) is 5.80. The zero-order valence-corrected chi connectivity index (χ0v) is 12.5. The summed E-state index contributed by atoms with van der Waals surface area (Å²) in [6, 6.07) is 11.8. The molecule has 0 radical (unpaired) electrons. The molecule has 0 amide bonds. The van der Waals surface area contributed by atoms with Gasteiger partial charge >= 0.3 is 0 Å². The SMILES string of the molecule is OCCN(Cc1ccccc1)Cc1ncc(Cl)cc1Cl. The summed E-state index contributed by atoms with van der Waals surface area (Å²) < 4.78 is 0. The van der Waals surface area contributed by atoms with Crippen LogP contribution in [0.1, 0.15) is 11.3 Å². The van der Waals surface area contributed by atoms with Gasteiger partial charge in [-0.25, -0.2) is 0 Å². The van der Waals surface area contributed by atoms with Crippen molar-refractivity contribution in [1.29, 1.82) is 0 Å². The van der Waals surface area contributed by atoms with Crippen molar-refractivity contribution >= 4 is 23.2 Å². The standard InChI is InChI=1S/C15H16Cl2N2O/c16-13-8-14(17)15(18-9-13)11-19(6-7-20)10-12-4-2-1-3-5-12/h1-5,8-9,20H,6-7,10-11H2. The molecule has 20 heavy (non-hydrogen) atoms. The van der Waals surface area contributed by atoms with E-state index >= 15 is 0 Å². The highest BCUT2D eigenvalue weighted by Gasteiger charge is 2.10. The topological polar surface area (TPSA) is 36.4 Å². The molecule has 0 aliphatic carbocycles. The lowest BCUT2D eigenvalue weighted by molar-refractivity contribution is 0.183. The largest absolute Gasteiger partial charge is 0.395 e. The monoisotopic (exact) mass is 310 g/mol. The Morgan fingerprint density at radius 2 is 1.85 bits per heavy atom. The second-order valence-electron chi connectivity index (χ2n) is 4.50. The average Bonchev–Trinajstić information content (AvgIpc) is 2.43. The van der Waals surface area contributed by atoms with E-state index in [1.54, 1.807) is 12.3 Å². The molecule has 0 saturated heterocycles. The minimum absolute atomic E-state index is 0.0953. The summed E-state index contributed by atoms with van der Waals surface area (Å²) in [4.78, 5) is 6.35. The summed E-state index contributed by atoms with van der Waals surface area (Å²) in [5.74, 6) is 0. The van der Waals surface area contributed by atoms with Gasteiger partial charge in [0.25, 0.3) is 0 Å². The maximum atomic E-state index is 9.19. The molecule has 0 aliphatic rings. The Morgan fingerprint density at radius 3 is 2.50 bits per heavy atom. The van der Waals surface area contributed by atoms with Gasteiger partial charge in [0.05, 0.1) is 22.3 Å². The fraction of sp³-hybridized carbons (Fsp3) is 0.267. The number of pyridine rings is 1. The molecular weight excluding hydrogens is 295 g/mol. The quantitative estimate of drug-likeness (QED) is 0.888. The first-order valence-corrected chi connectivity index (χ1v) is 7.11. The van der Waals surface area contributed by atoms with Gasteiger partial charge < -0.3 is 5.11 Å². The van der Waals surface area contributed by atoms with Gasteiger partial charge in [0.2, 0.25) is 0 Å². The summed E-state index contributed by atoms with van der Waals surface area (Å²) in [6.45, 7) is 1.97. The molecule has 1 heterocycles. The molecular formula is C15H16Cl2N2O. The lowest BCUT2D eigenvalue weighted by atomic mass is 10.2. The predicted octanol–water partition coefficient (Wildman–Crippen LogP) is 3.38. The first-order chi connectivity index (χ1) is 9.69. The number of aliphatic hydroxyl groups excluding tert-OH is 1. The molecule has 0 bridgehead atoms. The highest BCUT2D eigenvalue weighted by Crippen LogP contribution is 2.20. The molecule has 3 nitrogen and oxygen atoms in total. The van der Waals surface area contributed by atoms with Crippen molar-refractivity contribution in [2.24, 2.45) is 0 Å². The Hall–Kier alpha value is -1.13. The van der Waals surface area contributed by atoms with Gasteiger partial charge in [-0.2, -0.15) is 0 Å². The molecule has 106 valence electrons. The van der Waals surface area contributed by atoms with Crippen molar-refractivity contribution in [3.05, 3.63) is 63.9 Å².